The minimum Gasteiger partial charge on any atom is -0.370 e. The van der Waals surface area contributed by atoms with Gasteiger partial charge in [0.25, 0.3) is 0 Å². The van der Waals surface area contributed by atoms with E-state index in [1.54, 1.807) is 6.20 Å². The third-order valence-corrected chi connectivity index (χ3v) is 3.48. The number of halogens is 1. The molecule has 2 heterocycles. The molecule has 2 rings (SSSR count). The van der Waals surface area contributed by atoms with Gasteiger partial charge in [-0.2, -0.15) is 0 Å². The first-order chi connectivity index (χ1) is 9.63. The molecule has 0 saturated heterocycles. The number of fused-ring (bicyclic) bond motifs is 1. The largest absolute Gasteiger partial charge is 0.370 e. The standard InChI is InChI=1S/C14H19ClN4O/c1-10-6-8-17-14-13(10)18-12(5-7-15)19(14)9-3-2-4-11(16)20/h6,8H,2-5,7,9H2,1H3,(H2,16,20). The molecule has 0 radical (unpaired) electrons. The lowest BCUT2D eigenvalue weighted by atomic mass is 10.2. The van der Waals surface area contributed by atoms with Gasteiger partial charge in [-0.3, -0.25) is 4.79 Å². The number of nitrogens with zero attached hydrogens (tertiary/aromatic N) is 3. The number of alkyl halides is 1. The summed E-state index contributed by atoms with van der Waals surface area (Å²) in [6.07, 6.45) is 4.58. The first-order valence-electron chi connectivity index (χ1n) is 6.78. The van der Waals surface area contributed by atoms with Crippen LogP contribution >= 0.6 is 11.6 Å². The third-order valence-electron chi connectivity index (χ3n) is 3.29. The second kappa shape index (κ2) is 6.70. The number of aromatic nitrogens is 3. The summed E-state index contributed by atoms with van der Waals surface area (Å²) in [5, 5.41) is 0. The van der Waals surface area contributed by atoms with Crippen molar-refractivity contribution >= 4 is 28.7 Å². The fourth-order valence-corrected chi connectivity index (χ4v) is 2.43. The average Bonchev–Trinajstić information content (AvgIpc) is 2.75. The Bertz CT molecular complexity index is 608. The maximum atomic E-state index is 10.8. The van der Waals surface area contributed by atoms with Crippen LogP contribution in [0.5, 0.6) is 0 Å². The second-order valence-corrected chi connectivity index (χ2v) is 5.22. The van der Waals surface area contributed by atoms with Gasteiger partial charge in [0, 0.05) is 31.5 Å². The van der Waals surface area contributed by atoms with Crippen molar-refractivity contribution in [2.45, 2.75) is 39.2 Å². The number of hydrogen-bond donors (Lipinski definition) is 1. The molecule has 0 aromatic carbocycles. The molecule has 0 spiro atoms. The van der Waals surface area contributed by atoms with E-state index in [2.05, 4.69) is 14.5 Å². The number of carbonyl (C=O) groups is 1. The zero-order chi connectivity index (χ0) is 14.5. The van der Waals surface area contributed by atoms with Crippen molar-refractivity contribution in [2.24, 2.45) is 5.73 Å². The summed E-state index contributed by atoms with van der Waals surface area (Å²) < 4.78 is 2.10. The van der Waals surface area contributed by atoms with Crippen LogP contribution in [0.1, 0.15) is 30.7 Å². The molecule has 0 bridgehead atoms. The lowest BCUT2D eigenvalue weighted by molar-refractivity contribution is -0.118. The normalized spacial score (nSPS) is 11.1. The highest BCUT2D eigenvalue weighted by atomic mass is 35.5. The summed E-state index contributed by atoms with van der Waals surface area (Å²) in [4.78, 5) is 19.8. The van der Waals surface area contributed by atoms with Gasteiger partial charge in [-0.25, -0.2) is 9.97 Å². The number of primary amides is 1. The number of nitrogens with two attached hydrogens (primary N) is 1. The zero-order valence-electron chi connectivity index (χ0n) is 11.6. The van der Waals surface area contributed by atoms with E-state index in [-0.39, 0.29) is 5.91 Å². The quantitative estimate of drug-likeness (QED) is 0.628. The molecule has 0 fully saturated rings. The van der Waals surface area contributed by atoms with Crippen molar-refractivity contribution in [3.8, 4) is 0 Å². The smallest absolute Gasteiger partial charge is 0.217 e. The van der Waals surface area contributed by atoms with Crippen LogP contribution in [-0.2, 0) is 17.8 Å². The Kier molecular flexibility index (Phi) is 4.95. The number of imidazole rings is 1. The fraction of sp³-hybridized carbons (Fsp3) is 0.500. The summed E-state index contributed by atoms with van der Waals surface area (Å²) in [6.45, 7) is 2.81. The van der Waals surface area contributed by atoms with Gasteiger partial charge in [0.15, 0.2) is 5.65 Å². The van der Waals surface area contributed by atoms with Crippen LogP contribution in [0.3, 0.4) is 0 Å². The summed E-state index contributed by atoms with van der Waals surface area (Å²) >= 11 is 5.84. The summed E-state index contributed by atoms with van der Waals surface area (Å²) in [6, 6.07) is 1.96. The Morgan fingerprint density at radius 3 is 2.95 bits per heavy atom. The van der Waals surface area contributed by atoms with Crippen LogP contribution in [0.2, 0.25) is 0 Å². The molecule has 6 heteroatoms. The lowest BCUT2D eigenvalue weighted by Crippen LogP contribution is -2.11. The third kappa shape index (κ3) is 3.28. The van der Waals surface area contributed by atoms with Crippen molar-refractivity contribution in [1.29, 1.82) is 0 Å². The van der Waals surface area contributed by atoms with Crippen molar-refractivity contribution in [3.05, 3.63) is 23.7 Å². The van der Waals surface area contributed by atoms with Crippen molar-refractivity contribution in [2.75, 3.05) is 5.88 Å². The van der Waals surface area contributed by atoms with Crippen LogP contribution in [-0.4, -0.2) is 26.3 Å². The molecular weight excluding hydrogens is 276 g/mol. The second-order valence-electron chi connectivity index (χ2n) is 4.84. The van der Waals surface area contributed by atoms with Crippen LogP contribution in [0.25, 0.3) is 11.2 Å². The van der Waals surface area contributed by atoms with E-state index in [1.165, 1.54) is 0 Å². The maximum absolute atomic E-state index is 10.8. The molecule has 0 atom stereocenters. The van der Waals surface area contributed by atoms with Crippen molar-refractivity contribution < 1.29 is 4.79 Å². The molecule has 0 saturated carbocycles. The van der Waals surface area contributed by atoms with Crippen LogP contribution in [0, 0.1) is 6.92 Å². The van der Waals surface area contributed by atoms with Gasteiger partial charge in [-0.15, -0.1) is 11.6 Å². The summed E-state index contributed by atoms with van der Waals surface area (Å²) in [5.41, 5.74) is 8.09. The van der Waals surface area contributed by atoms with Gasteiger partial charge < -0.3 is 10.3 Å². The topological polar surface area (TPSA) is 73.8 Å². The number of amides is 1. The molecule has 5 nitrogen and oxygen atoms in total. The Morgan fingerprint density at radius 2 is 2.25 bits per heavy atom. The Labute approximate surface area is 123 Å². The first kappa shape index (κ1) is 14.8. The molecule has 2 aromatic rings. The number of unbranched alkanes of at least 4 members (excludes halogenated alkanes) is 1. The van der Waals surface area contributed by atoms with E-state index in [1.807, 2.05) is 13.0 Å². The lowest BCUT2D eigenvalue weighted by Gasteiger charge is -2.07. The molecule has 2 aromatic heterocycles. The van der Waals surface area contributed by atoms with Gasteiger partial charge in [0.05, 0.1) is 0 Å². The number of hydrogen-bond acceptors (Lipinski definition) is 3. The Hall–Kier alpha value is -1.62. The monoisotopic (exact) mass is 294 g/mol. The van der Waals surface area contributed by atoms with E-state index in [0.29, 0.717) is 18.7 Å². The fourth-order valence-electron chi connectivity index (χ4n) is 2.26. The van der Waals surface area contributed by atoms with Gasteiger partial charge in [0.2, 0.25) is 5.91 Å². The van der Waals surface area contributed by atoms with E-state index in [9.17, 15) is 4.79 Å². The van der Waals surface area contributed by atoms with Gasteiger partial charge >= 0.3 is 0 Å². The average molecular weight is 295 g/mol. The van der Waals surface area contributed by atoms with Gasteiger partial charge in [-0.1, -0.05) is 0 Å². The van der Waals surface area contributed by atoms with E-state index in [0.717, 1.165) is 41.9 Å². The number of aryl methyl sites for hydroxylation is 3. The number of carbonyl (C=O) groups excluding carboxylic acids is 1. The molecule has 0 unspecified atom stereocenters. The van der Waals surface area contributed by atoms with E-state index in [4.69, 9.17) is 17.3 Å². The Balaban J connectivity index is 2.22. The van der Waals surface area contributed by atoms with Gasteiger partial charge in [0.1, 0.15) is 11.3 Å². The van der Waals surface area contributed by atoms with Crippen molar-refractivity contribution in [1.82, 2.24) is 14.5 Å². The minimum atomic E-state index is -0.254. The predicted molar refractivity (Wildman–Crippen MR) is 79.7 cm³/mol. The molecule has 0 aliphatic heterocycles. The highest BCUT2D eigenvalue weighted by Crippen LogP contribution is 2.19. The predicted octanol–water partition coefficient (Wildman–Crippen LogP) is 2.18. The highest BCUT2D eigenvalue weighted by Gasteiger charge is 2.12. The zero-order valence-corrected chi connectivity index (χ0v) is 12.4. The van der Waals surface area contributed by atoms with E-state index < -0.39 is 0 Å². The van der Waals surface area contributed by atoms with Crippen molar-refractivity contribution in [3.63, 3.8) is 0 Å². The first-order valence-corrected chi connectivity index (χ1v) is 7.32. The molecule has 1 amide bonds. The number of pyridine rings is 1. The Morgan fingerprint density at radius 1 is 1.45 bits per heavy atom. The summed E-state index contributed by atoms with van der Waals surface area (Å²) in [7, 11) is 0. The molecule has 108 valence electrons. The maximum Gasteiger partial charge on any atom is 0.217 e. The van der Waals surface area contributed by atoms with Crippen LogP contribution < -0.4 is 5.73 Å². The van der Waals surface area contributed by atoms with Crippen LogP contribution in [0.15, 0.2) is 12.3 Å². The highest BCUT2D eigenvalue weighted by molar-refractivity contribution is 6.17. The molecule has 0 aliphatic rings. The van der Waals surface area contributed by atoms with Crippen LogP contribution in [0.4, 0.5) is 0 Å². The van der Waals surface area contributed by atoms with Gasteiger partial charge in [-0.05, 0) is 31.4 Å². The summed E-state index contributed by atoms with van der Waals surface area (Å²) in [5.74, 6) is 1.23. The SMILES string of the molecule is Cc1ccnc2c1nc(CCCl)n2CCCCC(N)=O. The molecular formula is C14H19ClN4O. The molecule has 2 N–H and O–H groups in total. The number of rotatable bonds is 7. The minimum absolute atomic E-state index is 0.254. The molecule has 20 heavy (non-hydrogen) atoms. The van der Waals surface area contributed by atoms with E-state index >= 15 is 0 Å². The molecule has 0 aliphatic carbocycles.